The Labute approximate surface area is 125 Å². The van der Waals surface area contributed by atoms with Crippen LogP contribution in [0.5, 0.6) is 0 Å². The van der Waals surface area contributed by atoms with Gasteiger partial charge in [0.1, 0.15) is 4.90 Å². The molecule has 8 heteroatoms. The molecule has 1 amide bonds. The number of amides is 1. The summed E-state index contributed by atoms with van der Waals surface area (Å²) in [5, 5.41) is 14.5. The van der Waals surface area contributed by atoms with Crippen molar-refractivity contribution in [1.29, 1.82) is 0 Å². The first-order valence-corrected chi connectivity index (χ1v) is 8.71. The van der Waals surface area contributed by atoms with E-state index < -0.39 is 15.9 Å². The first-order chi connectivity index (χ1) is 9.74. The molecule has 21 heavy (non-hydrogen) atoms. The molecule has 1 rings (SSSR count). The van der Waals surface area contributed by atoms with Crippen molar-refractivity contribution >= 4 is 15.9 Å². The third kappa shape index (κ3) is 3.62. The van der Waals surface area contributed by atoms with Crippen molar-refractivity contribution < 1.29 is 13.2 Å². The number of primary sulfonamides is 1. The van der Waals surface area contributed by atoms with Gasteiger partial charge in [-0.2, -0.15) is 5.10 Å². The standard InChI is InChI=1S/C13H24N4O3S/c1-5-9-11(21(14,19)20)10(17-16-9)12(18)15-13(6-2,7-3)8-4/h5-8H2,1-4H3,(H,15,18)(H,16,17)(H2,14,19,20). The molecule has 1 aromatic rings. The lowest BCUT2D eigenvalue weighted by molar-refractivity contribution is 0.0879. The van der Waals surface area contributed by atoms with E-state index >= 15 is 0 Å². The molecule has 4 N–H and O–H groups in total. The van der Waals surface area contributed by atoms with Crippen molar-refractivity contribution in [3.8, 4) is 0 Å². The summed E-state index contributed by atoms with van der Waals surface area (Å²) in [6, 6.07) is 0. The number of nitrogens with one attached hydrogen (secondary N) is 2. The Bertz CT molecular complexity index is 595. The van der Waals surface area contributed by atoms with E-state index in [0.717, 1.165) is 19.3 Å². The number of aromatic nitrogens is 2. The van der Waals surface area contributed by atoms with E-state index in [1.54, 1.807) is 6.92 Å². The first-order valence-electron chi connectivity index (χ1n) is 7.17. The summed E-state index contributed by atoms with van der Waals surface area (Å²) in [5.74, 6) is -0.513. The number of rotatable bonds is 7. The zero-order valence-corrected chi connectivity index (χ0v) is 13.8. The zero-order valence-electron chi connectivity index (χ0n) is 13.0. The number of carbonyl (C=O) groups is 1. The molecule has 0 radical (unpaired) electrons. The minimum Gasteiger partial charge on any atom is -0.345 e. The Morgan fingerprint density at radius 3 is 2.14 bits per heavy atom. The molecule has 0 aliphatic carbocycles. The van der Waals surface area contributed by atoms with Crippen LogP contribution < -0.4 is 10.5 Å². The molecule has 0 aliphatic heterocycles. The fourth-order valence-electron chi connectivity index (χ4n) is 2.38. The number of carbonyl (C=O) groups excluding carboxylic acids is 1. The minimum atomic E-state index is -4.01. The molecule has 0 bridgehead atoms. The van der Waals surface area contributed by atoms with Gasteiger partial charge in [0.2, 0.25) is 10.0 Å². The third-order valence-electron chi connectivity index (χ3n) is 4.05. The largest absolute Gasteiger partial charge is 0.345 e. The summed E-state index contributed by atoms with van der Waals surface area (Å²) in [7, 11) is -4.01. The lowest BCUT2D eigenvalue weighted by Crippen LogP contribution is -2.47. The fraction of sp³-hybridized carbons (Fsp3) is 0.692. The molecule has 0 aromatic carbocycles. The van der Waals surface area contributed by atoms with E-state index in [-0.39, 0.29) is 16.1 Å². The summed E-state index contributed by atoms with van der Waals surface area (Å²) >= 11 is 0. The predicted molar refractivity (Wildman–Crippen MR) is 80.4 cm³/mol. The Hall–Kier alpha value is -1.41. The maximum atomic E-state index is 12.4. The normalized spacial score (nSPS) is 12.4. The number of nitrogens with zero attached hydrogens (tertiary/aromatic N) is 1. The summed E-state index contributed by atoms with van der Waals surface area (Å²) in [6.07, 6.45) is 2.65. The second-order valence-electron chi connectivity index (χ2n) is 5.07. The zero-order chi connectivity index (χ0) is 16.3. The number of hydrogen-bond acceptors (Lipinski definition) is 4. The van der Waals surface area contributed by atoms with E-state index in [0.29, 0.717) is 12.1 Å². The fourth-order valence-corrected chi connectivity index (χ4v) is 3.32. The average Bonchev–Trinajstić information content (AvgIpc) is 2.89. The quantitative estimate of drug-likeness (QED) is 0.703. The maximum absolute atomic E-state index is 12.4. The van der Waals surface area contributed by atoms with Gasteiger partial charge in [-0.15, -0.1) is 0 Å². The van der Waals surface area contributed by atoms with Gasteiger partial charge in [0.15, 0.2) is 5.69 Å². The van der Waals surface area contributed by atoms with E-state index in [9.17, 15) is 13.2 Å². The lowest BCUT2D eigenvalue weighted by atomic mass is 9.89. The molecule has 0 aliphatic rings. The van der Waals surface area contributed by atoms with Crippen molar-refractivity contribution in [3.05, 3.63) is 11.4 Å². The molecule has 0 saturated carbocycles. The SMILES string of the molecule is CCc1[nH]nc(C(=O)NC(CC)(CC)CC)c1S(N)(=O)=O. The van der Waals surface area contributed by atoms with Crippen LogP contribution in [0.4, 0.5) is 0 Å². The molecule has 0 atom stereocenters. The van der Waals surface area contributed by atoms with Crippen molar-refractivity contribution in [2.45, 2.75) is 63.8 Å². The van der Waals surface area contributed by atoms with Crippen LogP contribution >= 0.6 is 0 Å². The second kappa shape index (κ2) is 6.57. The van der Waals surface area contributed by atoms with Crippen LogP contribution in [0.15, 0.2) is 4.90 Å². The van der Waals surface area contributed by atoms with Crippen molar-refractivity contribution in [3.63, 3.8) is 0 Å². The molecule has 1 heterocycles. The molecule has 0 spiro atoms. The summed E-state index contributed by atoms with van der Waals surface area (Å²) in [4.78, 5) is 12.2. The molecule has 0 unspecified atom stereocenters. The smallest absolute Gasteiger partial charge is 0.273 e. The second-order valence-corrected chi connectivity index (χ2v) is 6.57. The predicted octanol–water partition coefficient (Wildman–Crippen LogP) is 1.32. The van der Waals surface area contributed by atoms with Gasteiger partial charge in [-0.1, -0.05) is 27.7 Å². The van der Waals surface area contributed by atoms with Crippen LogP contribution in [0.1, 0.15) is 63.1 Å². The Morgan fingerprint density at radius 1 is 1.24 bits per heavy atom. The highest BCUT2D eigenvalue weighted by atomic mass is 32.2. The summed E-state index contributed by atoms with van der Waals surface area (Å²) < 4.78 is 23.4. The van der Waals surface area contributed by atoms with Gasteiger partial charge in [0, 0.05) is 5.54 Å². The molecular weight excluding hydrogens is 292 g/mol. The minimum absolute atomic E-state index is 0.158. The number of H-pyrrole nitrogens is 1. The highest BCUT2D eigenvalue weighted by Crippen LogP contribution is 2.22. The van der Waals surface area contributed by atoms with E-state index in [1.807, 2.05) is 20.8 Å². The van der Waals surface area contributed by atoms with E-state index in [4.69, 9.17) is 5.14 Å². The van der Waals surface area contributed by atoms with Crippen molar-refractivity contribution in [1.82, 2.24) is 15.5 Å². The van der Waals surface area contributed by atoms with Crippen LogP contribution in [0.25, 0.3) is 0 Å². The van der Waals surface area contributed by atoms with Crippen LogP contribution in [-0.2, 0) is 16.4 Å². The van der Waals surface area contributed by atoms with Gasteiger partial charge in [0.05, 0.1) is 5.69 Å². The molecular formula is C13H24N4O3S. The number of nitrogens with two attached hydrogens (primary N) is 1. The maximum Gasteiger partial charge on any atom is 0.273 e. The molecule has 120 valence electrons. The lowest BCUT2D eigenvalue weighted by Gasteiger charge is -2.31. The highest BCUT2D eigenvalue weighted by Gasteiger charge is 2.31. The van der Waals surface area contributed by atoms with Crippen molar-refractivity contribution in [2.75, 3.05) is 0 Å². The van der Waals surface area contributed by atoms with Gasteiger partial charge in [0.25, 0.3) is 5.91 Å². The average molecular weight is 316 g/mol. The van der Waals surface area contributed by atoms with Crippen LogP contribution in [0.2, 0.25) is 0 Å². The Balaban J connectivity index is 3.24. The number of aromatic amines is 1. The van der Waals surface area contributed by atoms with E-state index in [1.165, 1.54) is 0 Å². The monoisotopic (exact) mass is 316 g/mol. The molecule has 0 fully saturated rings. The Morgan fingerprint density at radius 2 is 1.76 bits per heavy atom. The molecule has 0 saturated heterocycles. The van der Waals surface area contributed by atoms with Gasteiger partial charge < -0.3 is 5.32 Å². The molecule has 1 aromatic heterocycles. The van der Waals surface area contributed by atoms with E-state index in [2.05, 4.69) is 15.5 Å². The van der Waals surface area contributed by atoms with Gasteiger partial charge in [-0.05, 0) is 25.7 Å². The van der Waals surface area contributed by atoms with Gasteiger partial charge in [-0.25, -0.2) is 13.6 Å². The van der Waals surface area contributed by atoms with Gasteiger partial charge >= 0.3 is 0 Å². The van der Waals surface area contributed by atoms with Crippen LogP contribution in [-0.4, -0.2) is 30.1 Å². The molecule has 7 nitrogen and oxygen atoms in total. The Kier molecular flexibility index (Phi) is 5.52. The first kappa shape index (κ1) is 17.6. The number of sulfonamides is 1. The van der Waals surface area contributed by atoms with Gasteiger partial charge in [-0.3, -0.25) is 9.89 Å². The van der Waals surface area contributed by atoms with Crippen LogP contribution in [0.3, 0.4) is 0 Å². The summed E-state index contributed by atoms with van der Waals surface area (Å²) in [6.45, 7) is 7.71. The topological polar surface area (TPSA) is 118 Å². The summed E-state index contributed by atoms with van der Waals surface area (Å²) in [5.41, 5.74) is -0.176. The number of hydrogen-bond donors (Lipinski definition) is 3. The van der Waals surface area contributed by atoms with Crippen molar-refractivity contribution in [2.24, 2.45) is 5.14 Å². The number of aryl methyl sites for hydroxylation is 1. The van der Waals surface area contributed by atoms with Crippen LogP contribution in [0, 0.1) is 0 Å². The highest BCUT2D eigenvalue weighted by molar-refractivity contribution is 7.89. The third-order valence-corrected chi connectivity index (χ3v) is 5.06.